The largest absolute Gasteiger partial charge is 0.355 e. The van der Waals surface area contributed by atoms with Crippen molar-refractivity contribution in [1.82, 2.24) is 9.97 Å². The van der Waals surface area contributed by atoms with Gasteiger partial charge in [-0.2, -0.15) is 0 Å². The van der Waals surface area contributed by atoms with Crippen LogP contribution in [0.5, 0.6) is 0 Å². The molecule has 0 amide bonds. The second-order valence-corrected chi connectivity index (χ2v) is 5.93. The number of anilines is 1. The lowest BCUT2D eigenvalue weighted by Crippen LogP contribution is -2.26. The zero-order chi connectivity index (χ0) is 12.4. The minimum absolute atomic E-state index is 0.953. The molecule has 0 unspecified atom stereocenters. The van der Waals surface area contributed by atoms with Crippen LogP contribution in [0.4, 0.5) is 5.82 Å². The minimum atomic E-state index is 0.953. The van der Waals surface area contributed by atoms with E-state index in [1.807, 2.05) is 0 Å². The average molecular weight is 314 g/mol. The van der Waals surface area contributed by atoms with Crippen LogP contribution in [0.15, 0.2) is 6.33 Å². The fraction of sp³-hybridized carbons (Fsp3) is 0.500. The summed E-state index contributed by atoms with van der Waals surface area (Å²) in [4.78, 5) is 13.6. The molecule has 0 aromatic carbocycles. The second kappa shape index (κ2) is 5.31. The summed E-state index contributed by atoms with van der Waals surface area (Å²) in [5.74, 6) is 1.07. The summed E-state index contributed by atoms with van der Waals surface area (Å²) in [6, 6.07) is 0. The number of nitrogens with zero attached hydrogens (tertiary/aromatic N) is 3. The Balaban J connectivity index is 2.59. The van der Waals surface area contributed by atoms with E-state index in [1.54, 1.807) is 17.7 Å². The number of hydrogen-bond donors (Lipinski definition) is 0. The van der Waals surface area contributed by atoms with E-state index in [1.165, 1.54) is 15.8 Å². The number of aromatic nitrogens is 2. The summed E-state index contributed by atoms with van der Waals surface area (Å²) in [5.41, 5.74) is 1.31. The molecule has 0 fully saturated rings. The third-order valence-electron chi connectivity index (χ3n) is 2.98. The molecule has 17 heavy (non-hydrogen) atoms. The number of fused-ring (bicyclic) bond motifs is 1. The predicted molar refractivity (Wildman–Crippen MR) is 78.6 cm³/mol. The standard InChI is InChI=1S/C12H16BrN3S/c1-4-16(6-5-13)11-10-8(2)9(3)17-12(10)15-7-14-11/h7H,4-6H2,1-3H3. The molecule has 92 valence electrons. The van der Waals surface area contributed by atoms with Gasteiger partial charge < -0.3 is 4.90 Å². The first-order valence-corrected chi connectivity index (χ1v) is 7.64. The van der Waals surface area contributed by atoms with Crippen LogP contribution in [-0.4, -0.2) is 28.4 Å². The van der Waals surface area contributed by atoms with Gasteiger partial charge in [-0.1, -0.05) is 15.9 Å². The molecule has 0 N–H and O–H groups in total. The molecule has 0 atom stereocenters. The maximum absolute atomic E-state index is 4.47. The lowest BCUT2D eigenvalue weighted by molar-refractivity contribution is 0.857. The topological polar surface area (TPSA) is 29.0 Å². The van der Waals surface area contributed by atoms with Crippen LogP contribution in [-0.2, 0) is 0 Å². The van der Waals surface area contributed by atoms with Crippen molar-refractivity contribution in [1.29, 1.82) is 0 Å². The van der Waals surface area contributed by atoms with Gasteiger partial charge in [0, 0.05) is 23.3 Å². The first kappa shape index (κ1) is 12.8. The molecule has 0 spiro atoms. The lowest BCUT2D eigenvalue weighted by Gasteiger charge is -2.21. The van der Waals surface area contributed by atoms with E-state index in [4.69, 9.17) is 0 Å². The van der Waals surface area contributed by atoms with Crippen LogP contribution in [0.25, 0.3) is 10.2 Å². The number of halogens is 1. The summed E-state index contributed by atoms with van der Waals surface area (Å²) in [7, 11) is 0. The van der Waals surface area contributed by atoms with Crippen molar-refractivity contribution in [2.45, 2.75) is 20.8 Å². The Labute approximate surface area is 114 Å². The molecule has 0 saturated heterocycles. The van der Waals surface area contributed by atoms with Crippen molar-refractivity contribution < 1.29 is 0 Å². The van der Waals surface area contributed by atoms with Gasteiger partial charge in [-0.3, -0.25) is 0 Å². The van der Waals surface area contributed by atoms with Gasteiger partial charge in [0.05, 0.1) is 5.39 Å². The van der Waals surface area contributed by atoms with Gasteiger partial charge in [0.1, 0.15) is 17.0 Å². The van der Waals surface area contributed by atoms with Crippen molar-refractivity contribution in [3.05, 3.63) is 16.8 Å². The average Bonchev–Trinajstić information content (AvgIpc) is 2.62. The van der Waals surface area contributed by atoms with E-state index in [0.717, 1.165) is 29.1 Å². The molecule has 2 rings (SSSR count). The molecular weight excluding hydrogens is 298 g/mol. The maximum atomic E-state index is 4.47. The third-order valence-corrected chi connectivity index (χ3v) is 4.45. The molecule has 0 radical (unpaired) electrons. The zero-order valence-electron chi connectivity index (χ0n) is 10.3. The van der Waals surface area contributed by atoms with Gasteiger partial charge in [0.2, 0.25) is 0 Å². The van der Waals surface area contributed by atoms with Gasteiger partial charge in [-0.25, -0.2) is 9.97 Å². The summed E-state index contributed by atoms with van der Waals surface area (Å²) in [6.07, 6.45) is 1.67. The van der Waals surface area contributed by atoms with E-state index in [0.29, 0.717) is 0 Å². The molecular formula is C12H16BrN3S. The highest BCUT2D eigenvalue weighted by atomic mass is 79.9. The third kappa shape index (κ3) is 2.31. The number of aryl methyl sites for hydroxylation is 2. The molecule has 0 saturated carbocycles. The summed E-state index contributed by atoms with van der Waals surface area (Å²) in [5, 5.41) is 2.17. The Bertz CT molecular complexity index is 524. The molecule has 3 nitrogen and oxygen atoms in total. The quantitative estimate of drug-likeness (QED) is 0.809. The smallest absolute Gasteiger partial charge is 0.141 e. The molecule has 2 aromatic rings. The molecule has 0 aliphatic carbocycles. The second-order valence-electron chi connectivity index (χ2n) is 3.93. The first-order valence-electron chi connectivity index (χ1n) is 5.70. The lowest BCUT2D eigenvalue weighted by atomic mass is 10.2. The summed E-state index contributed by atoms with van der Waals surface area (Å²) in [6.45, 7) is 8.39. The molecule has 2 aromatic heterocycles. The summed E-state index contributed by atoms with van der Waals surface area (Å²) < 4.78 is 0. The fourth-order valence-electron chi connectivity index (χ4n) is 1.92. The van der Waals surface area contributed by atoms with E-state index in [-0.39, 0.29) is 0 Å². The number of alkyl halides is 1. The van der Waals surface area contributed by atoms with Crippen molar-refractivity contribution in [2.24, 2.45) is 0 Å². The van der Waals surface area contributed by atoms with Crippen LogP contribution >= 0.6 is 27.3 Å². The Morgan fingerprint density at radius 1 is 1.35 bits per heavy atom. The Morgan fingerprint density at radius 2 is 2.12 bits per heavy atom. The number of hydrogen-bond acceptors (Lipinski definition) is 4. The van der Waals surface area contributed by atoms with Crippen molar-refractivity contribution in [3.63, 3.8) is 0 Å². The van der Waals surface area contributed by atoms with Gasteiger partial charge in [-0.05, 0) is 26.3 Å². The van der Waals surface area contributed by atoms with Crippen LogP contribution in [0.2, 0.25) is 0 Å². The highest BCUT2D eigenvalue weighted by molar-refractivity contribution is 9.09. The monoisotopic (exact) mass is 313 g/mol. The molecule has 5 heteroatoms. The van der Waals surface area contributed by atoms with Crippen LogP contribution in [0.1, 0.15) is 17.4 Å². The van der Waals surface area contributed by atoms with Crippen LogP contribution < -0.4 is 4.90 Å². The van der Waals surface area contributed by atoms with Gasteiger partial charge in [0.15, 0.2) is 0 Å². The highest BCUT2D eigenvalue weighted by Crippen LogP contribution is 2.34. The van der Waals surface area contributed by atoms with Crippen LogP contribution in [0.3, 0.4) is 0 Å². The minimum Gasteiger partial charge on any atom is -0.355 e. The van der Waals surface area contributed by atoms with Gasteiger partial charge in [-0.15, -0.1) is 11.3 Å². The molecule has 2 heterocycles. The molecule has 0 aliphatic rings. The van der Waals surface area contributed by atoms with Gasteiger partial charge in [0.25, 0.3) is 0 Å². The maximum Gasteiger partial charge on any atom is 0.141 e. The van der Waals surface area contributed by atoms with Crippen molar-refractivity contribution in [3.8, 4) is 0 Å². The number of thiophene rings is 1. The predicted octanol–water partition coefficient (Wildman–Crippen LogP) is 3.53. The Kier molecular flexibility index (Phi) is 3.99. The normalized spacial score (nSPS) is 11.1. The SMILES string of the molecule is CCN(CCBr)c1ncnc2sc(C)c(C)c12. The van der Waals surface area contributed by atoms with Crippen LogP contribution in [0, 0.1) is 13.8 Å². The number of rotatable bonds is 4. The first-order chi connectivity index (χ1) is 8.19. The highest BCUT2D eigenvalue weighted by Gasteiger charge is 2.15. The fourth-order valence-corrected chi connectivity index (χ4v) is 3.34. The van der Waals surface area contributed by atoms with Crippen molar-refractivity contribution >= 4 is 43.3 Å². The summed E-state index contributed by atoms with van der Waals surface area (Å²) >= 11 is 5.24. The Hall–Kier alpha value is -0.680. The van der Waals surface area contributed by atoms with E-state index >= 15 is 0 Å². The molecule has 0 bridgehead atoms. The van der Waals surface area contributed by atoms with E-state index < -0.39 is 0 Å². The zero-order valence-corrected chi connectivity index (χ0v) is 12.7. The Morgan fingerprint density at radius 3 is 2.76 bits per heavy atom. The van der Waals surface area contributed by atoms with E-state index in [9.17, 15) is 0 Å². The van der Waals surface area contributed by atoms with Crippen molar-refractivity contribution in [2.75, 3.05) is 23.3 Å². The molecule has 0 aliphatic heterocycles. The van der Waals surface area contributed by atoms with E-state index in [2.05, 4.69) is 51.6 Å². The van der Waals surface area contributed by atoms with Gasteiger partial charge >= 0.3 is 0 Å².